The molecular weight excluding hydrogens is 344 g/mol. The van der Waals surface area contributed by atoms with Crippen LogP contribution in [0.3, 0.4) is 0 Å². The van der Waals surface area contributed by atoms with E-state index in [-0.39, 0.29) is 5.91 Å². The quantitative estimate of drug-likeness (QED) is 0.876. The van der Waals surface area contributed by atoms with E-state index < -0.39 is 0 Å². The Balaban J connectivity index is 1.41. The minimum Gasteiger partial charge on any atom is -0.379 e. The number of amides is 1. The molecule has 1 N–H and O–H groups in total. The molecule has 2 fully saturated rings. The first-order chi connectivity index (χ1) is 13.2. The molecule has 0 aliphatic carbocycles. The molecular formula is C19H26N6O2. The Kier molecular flexibility index (Phi) is 5.45. The first kappa shape index (κ1) is 18.1. The van der Waals surface area contributed by atoms with E-state index in [2.05, 4.69) is 32.4 Å². The van der Waals surface area contributed by atoms with Gasteiger partial charge >= 0.3 is 0 Å². The fraction of sp³-hybridized carbons (Fsp3) is 0.579. The van der Waals surface area contributed by atoms with Crippen LogP contribution in [0.25, 0.3) is 11.4 Å². The van der Waals surface area contributed by atoms with Gasteiger partial charge in [0.25, 0.3) is 5.91 Å². The zero-order valence-electron chi connectivity index (χ0n) is 15.7. The Morgan fingerprint density at radius 2 is 1.93 bits per heavy atom. The molecule has 2 saturated heterocycles. The minimum absolute atomic E-state index is 0.0490. The number of ether oxygens (including phenoxy) is 1. The fourth-order valence-corrected chi connectivity index (χ4v) is 4.18. The van der Waals surface area contributed by atoms with Gasteiger partial charge in [-0.15, -0.1) is 10.2 Å². The number of piperidine rings is 1. The molecule has 1 unspecified atom stereocenters. The molecule has 0 radical (unpaired) electrons. The van der Waals surface area contributed by atoms with Crippen LogP contribution in [0.4, 0.5) is 0 Å². The van der Waals surface area contributed by atoms with Crippen LogP contribution in [-0.4, -0.2) is 81.8 Å². The normalized spacial score (nSPS) is 20.6. The number of morpholine rings is 1. The first-order valence-electron chi connectivity index (χ1n) is 9.68. The standard InChI is InChI=1S/C19H26N6O2/c1-14(24-10-12-27-13-11-24)15-6-8-25(9-7-15)19(26)17-5-3-2-4-16(17)18-20-22-23-21-18/h2-5,14-15H,6-13H2,1H3,(H,20,21,22,23). The van der Waals surface area contributed by atoms with E-state index in [1.54, 1.807) is 0 Å². The summed E-state index contributed by atoms with van der Waals surface area (Å²) in [5, 5.41) is 14.1. The third-order valence-corrected chi connectivity index (χ3v) is 5.87. The van der Waals surface area contributed by atoms with Gasteiger partial charge in [0.15, 0.2) is 0 Å². The van der Waals surface area contributed by atoms with Crippen molar-refractivity contribution in [3.05, 3.63) is 29.8 Å². The molecule has 8 heteroatoms. The molecule has 1 aromatic heterocycles. The second-order valence-electron chi connectivity index (χ2n) is 7.30. The highest BCUT2D eigenvalue weighted by molar-refractivity contribution is 6.00. The van der Waals surface area contributed by atoms with Gasteiger partial charge in [-0.2, -0.15) is 5.21 Å². The van der Waals surface area contributed by atoms with Crippen molar-refractivity contribution in [2.75, 3.05) is 39.4 Å². The lowest BCUT2D eigenvalue weighted by atomic mass is 9.88. The highest BCUT2D eigenvalue weighted by atomic mass is 16.5. The third-order valence-electron chi connectivity index (χ3n) is 5.87. The van der Waals surface area contributed by atoms with E-state index in [9.17, 15) is 4.79 Å². The highest BCUT2D eigenvalue weighted by Gasteiger charge is 2.31. The van der Waals surface area contributed by atoms with Crippen molar-refractivity contribution in [3.63, 3.8) is 0 Å². The maximum Gasteiger partial charge on any atom is 0.254 e. The zero-order valence-corrected chi connectivity index (χ0v) is 15.7. The number of hydrogen-bond donors (Lipinski definition) is 1. The number of benzene rings is 1. The van der Waals surface area contributed by atoms with Crippen LogP contribution in [0.5, 0.6) is 0 Å². The molecule has 8 nitrogen and oxygen atoms in total. The van der Waals surface area contributed by atoms with E-state index in [4.69, 9.17) is 4.74 Å². The molecule has 27 heavy (non-hydrogen) atoms. The van der Waals surface area contributed by atoms with Crippen molar-refractivity contribution in [1.82, 2.24) is 30.4 Å². The van der Waals surface area contributed by atoms with Crippen LogP contribution in [-0.2, 0) is 4.74 Å². The molecule has 2 aromatic rings. The van der Waals surface area contributed by atoms with Crippen molar-refractivity contribution < 1.29 is 9.53 Å². The summed E-state index contributed by atoms with van der Waals surface area (Å²) in [4.78, 5) is 17.6. The summed E-state index contributed by atoms with van der Waals surface area (Å²) in [6.07, 6.45) is 2.07. The molecule has 4 rings (SSSR count). The second kappa shape index (κ2) is 8.14. The monoisotopic (exact) mass is 370 g/mol. The van der Waals surface area contributed by atoms with Crippen molar-refractivity contribution in [2.24, 2.45) is 5.92 Å². The van der Waals surface area contributed by atoms with Crippen LogP contribution in [0.2, 0.25) is 0 Å². The molecule has 2 aliphatic rings. The smallest absolute Gasteiger partial charge is 0.254 e. The Hall–Kier alpha value is -2.32. The van der Waals surface area contributed by atoms with Crippen LogP contribution < -0.4 is 0 Å². The Labute approximate surface area is 158 Å². The maximum absolute atomic E-state index is 13.1. The van der Waals surface area contributed by atoms with Gasteiger partial charge < -0.3 is 9.64 Å². The Morgan fingerprint density at radius 3 is 2.63 bits per heavy atom. The Morgan fingerprint density at radius 1 is 1.19 bits per heavy atom. The average Bonchev–Trinajstić information content (AvgIpc) is 3.28. The van der Waals surface area contributed by atoms with E-state index in [0.717, 1.165) is 57.8 Å². The summed E-state index contributed by atoms with van der Waals surface area (Å²) in [6.45, 7) is 7.58. The number of aromatic nitrogens is 4. The van der Waals surface area contributed by atoms with Crippen LogP contribution in [0, 0.1) is 5.92 Å². The van der Waals surface area contributed by atoms with Gasteiger partial charge in [0.2, 0.25) is 5.82 Å². The number of carbonyl (C=O) groups is 1. The Bertz CT molecular complexity index is 751. The molecule has 0 bridgehead atoms. The van der Waals surface area contributed by atoms with E-state index in [1.165, 1.54) is 0 Å². The topological polar surface area (TPSA) is 87.2 Å². The van der Waals surface area contributed by atoms with Gasteiger partial charge in [-0.05, 0) is 37.0 Å². The van der Waals surface area contributed by atoms with Gasteiger partial charge in [0.05, 0.1) is 18.8 Å². The maximum atomic E-state index is 13.1. The number of tetrazole rings is 1. The van der Waals surface area contributed by atoms with Crippen LogP contribution in [0.1, 0.15) is 30.1 Å². The van der Waals surface area contributed by atoms with Gasteiger partial charge in [-0.25, -0.2) is 0 Å². The number of nitrogens with zero attached hydrogens (tertiary/aromatic N) is 5. The first-order valence-corrected chi connectivity index (χ1v) is 9.68. The lowest BCUT2D eigenvalue weighted by Gasteiger charge is -2.41. The predicted octanol–water partition coefficient (Wildman–Crippen LogP) is 1.44. The molecule has 1 amide bonds. The number of likely N-dealkylation sites (tertiary alicyclic amines) is 1. The lowest BCUT2D eigenvalue weighted by Crippen LogP contribution is -2.49. The highest BCUT2D eigenvalue weighted by Crippen LogP contribution is 2.27. The number of carbonyl (C=O) groups excluding carboxylic acids is 1. The number of rotatable bonds is 4. The summed E-state index contributed by atoms with van der Waals surface area (Å²) in [7, 11) is 0. The van der Waals surface area contributed by atoms with Crippen molar-refractivity contribution >= 4 is 5.91 Å². The van der Waals surface area contributed by atoms with Gasteiger partial charge in [0.1, 0.15) is 0 Å². The van der Waals surface area contributed by atoms with Crippen LogP contribution >= 0.6 is 0 Å². The second-order valence-corrected chi connectivity index (χ2v) is 7.30. The third kappa shape index (κ3) is 3.86. The largest absolute Gasteiger partial charge is 0.379 e. The number of hydrogen-bond acceptors (Lipinski definition) is 6. The summed E-state index contributed by atoms with van der Waals surface area (Å²) in [5.41, 5.74) is 1.36. The molecule has 1 atom stereocenters. The van der Waals surface area contributed by atoms with E-state index >= 15 is 0 Å². The van der Waals surface area contributed by atoms with Crippen molar-refractivity contribution in [1.29, 1.82) is 0 Å². The van der Waals surface area contributed by atoms with Gasteiger partial charge in [0, 0.05) is 37.8 Å². The summed E-state index contributed by atoms with van der Waals surface area (Å²) < 4.78 is 5.47. The molecule has 3 heterocycles. The molecule has 0 saturated carbocycles. The minimum atomic E-state index is 0.0490. The molecule has 2 aliphatic heterocycles. The zero-order chi connectivity index (χ0) is 18.6. The molecule has 1 aromatic carbocycles. The fourth-order valence-electron chi connectivity index (χ4n) is 4.18. The van der Waals surface area contributed by atoms with Crippen molar-refractivity contribution in [3.8, 4) is 11.4 Å². The summed E-state index contributed by atoms with van der Waals surface area (Å²) >= 11 is 0. The van der Waals surface area contributed by atoms with E-state index in [0.29, 0.717) is 23.3 Å². The summed E-state index contributed by atoms with van der Waals surface area (Å²) in [6, 6.07) is 8.02. The number of aromatic amines is 1. The molecule has 144 valence electrons. The van der Waals surface area contributed by atoms with Gasteiger partial charge in [-0.1, -0.05) is 18.2 Å². The predicted molar refractivity (Wildman–Crippen MR) is 100 cm³/mol. The van der Waals surface area contributed by atoms with Gasteiger partial charge in [-0.3, -0.25) is 9.69 Å². The SMILES string of the molecule is CC(C1CCN(C(=O)c2ccccc2-c2nn[nH]n2)CC1)N1CCOCC1. The number of H-pyrrole nitrogens is 1. The van der Waals surface area contributed by atoms with Crippen molar-refractivity contribution in [2.45, 2.75) is 25.8 Å². The van der Waals surface area contributed by atoms with Crippen LogP contribution in [0.15, 0.2) is 24.3 Å². The number of nitrogens with one attached hydrogen (secondary N) is 1. The average molecular weight is 370 g/mol. The summed E-state index contributed by atoms with van der Waals surface area (Å²) in [5.74, 6) is 1.13. The molecule has 0 spiro atoms. The lowest BCUT2D eigenvalue weighted by molar-refractivity contribution is -0.000946. The van der Waals surface area contributed by atoms with E-state index in [1.807, 2.05) is 29.2 Å².